The van der Waals surface area contributed by atoms with Crippen LogP contribution in [-0.4, -0.2) is 69.3 Å². The predicted molar refractivity (Wildman–Crippen MR) is 157 cm³/mol. The molecule has 3 heterocycles. The van der Waals surface area contributed by atoms with Crippen molar-refractivity contribution < 1.29 is 35.8 Å². The van der Waals surface area contributed by atoms with E-state index in [2.05, 4.69) is 14.7 Å². The van der Waals surface area contributed by atoms with Crippen LogP contribution in [0.4, 0.5) is 29.2 Å². The van der Waals surface area contributed by atoms with Crippen molar-refractivity contribution in [1.82, 2.24) is 19.7 Å². The lowest BCUT2D eigenvalue weighted by molar-refractivity contribution is 0.0987. The molecule has 10 nitrogen and oxygen atoms in total. The van der Waals surface area contributed by atoms with Gasteiger partial charge in [0.25, 0.3) is 0 Å². The van der Waals surface area contributed by atoms with Gasteiger partial charge in [-0.15, -0.1) is 0 Å². The third-order valence-corrected chi connectivity index (χ3v) is 7.58. The van der Waals surface area contributed by atoms with Crippen LogP contribution in [0, 0.1) is 11.6 Å². The average molecular weight is 634 g/mol. The number of alkyl halides is 2. The molecule has 2 aromatic carbocycles. The number of hydrogen-bond acceptors (Lipinski definition) is 9. The second kappa shape index (κ2) is 13.8. The van der Waals surface area contributed by atoms with Crippen LogP contribution in [0.25, 0.3) is 33.4 Å². The van der Waals surface area contributed by atoms with Gasteiger partial charge in [0.1, 0.15) is 42.4 Å². The van der Waals surface area contributed by atoms with E-state index in [0.29, 0.717) is 31.0 Å². The van der Waals surface area contributed by atoms with Crippen molar-refractivity contribution in [2.75, 3.05) is 50.2 Å². The smallest absolute Gasteiger partial charge is 0.165 e. The first-order chi connectivity index (χ1) is 21.2. The van der Waals surface area contributed by atoms with E-state index in [9.17, 15) is 17.5 Å². The van der Waals surface area contributed by atoms with Crippen molar-refractivity contribution >= 4 is 33.8 Å². The zero-order valence-corrected chi connectivity index (χ0v) is 24.4. The molecule has 0 radical (unpaired) electrons. The van der Waals surface area contributed by atoms with E-state index in [1.807, 2.05) is 11.8 Å². The van der Waals surface area contributed by atoms with E-state index >= 15 is 8.78 Å². The van der Waals surface area contributed by atoms with E-state index in [4.69, 9.17) is 20.2 Å². The number of nitrogens with two attached hydrogens (primary N) is 1. The first-order valence-corrected chi connectivity index (χ1v) is 14.8. The predicted octanol–water partition coefficient (Wildman–Crippen LogP) is 4.58. The van der Waals surface area contributed by atoms with Gasteiger partial charge in [0.2, 0.25) is 0 Å². The number of nitrogens with zero attached hydrogens (tertiary/aromatic N) is 4. The molecule has 3 unspecified atom stereocenters. The number of fused-ring (bicyclic) bond motifs is 1. The van der Waals surface area contributed by atoms with Gasteiger partial charge < -0.3 is 24.7 Å². The molecule has 5 rings (SSSR count). The molecule has 15 heteroatoms. The van der Waals surface area contributed by atoms with Crippen molar-refractivity contribution in [2.45, 2.75) is 25.6 Å². The molecule has 1 aliphatic heterocycles. The lowest BCUT2D eigenvalue weighted by atomic mass is 9.97. The quantitative estimate of drug-likeness (QED) is 0.180. The largest absolute Gasteiger partial charge is 0.760 e. The summed E-state index contributed by atoms with van der Waals surface area (Å²) in [5, 5.41) is 0.432. The number of benzene rings is 2. The van der Waals surface area contributed by atoms with Crippen LogP contribution >= 0.6 is 0 Å². The number of halogens is 4. The maximum Gasteiger partial charge on any atom is 0.165 e. The van der Waals surface area contributed by atoms with Crippen molar-refractivity contribution in [1.29, 1.82) is 0 Å². The minimum absolute atomic E-state index is 0.0346. The first-order valence-electron chi connectivity index (χ1n) is 13.7. The minimum Gasteiger partial charge on any atom is -0.760 e. The summed E-state index contributed by atoms with van der Waals surface area (Å²) in [7, 11) is 0. The summed E-state index contributed by atoms with van der Waals surface area (Å²) < 4.78 is 93.5. The van der Waals surface area contributed by atoms with Gasteiger partial charge in [-0.2, -0.15) is 0 Å². The van der Waals surface area contributed by atoms with Gasteiger partial charge in [0, 0.05) is 52.6 Å². The fraction of sp³-hybridized carbons (Fsp3) is 0.345. The summed E-state index contributed by atoms with van der Waals surface area (Å²) in [6.45, 7) is 1.81. The van der Waals surface area contributed by atoms with Gasteiger partial charge in [-0.05, 0) is 37.1 Å². The minimum atomic E-state index is -2.57. The molecule has 1 aliphatic rings. The zero-order valence-electron chi connectivity index (χ0n) is 23.6. The molecule has 234 valence electrons. The lowest BCUT2D eigenvalue weighted by Crippen LogP contribution is -2.44. The Kier molecular flexibility index (Phi) is 9.88. The summed E-state index contributed by atoms with van der Waals surface area (Å²) in [6.07, 6.45) is -0.743. The number of morpholine rings is 1. The Morgan fingerprint density at radius 1 is 1.25 bits per heavy atom. The Morgan fingerprint density at radius 3 is 2.80 bits per heavy atom. The van der Waals surface area contributed by atoms with Crippen LogP contribution in [0.3, 0.4) is 0 Å². The molecule has 3 atom stereocenters. The molecule has 2 aromatic heterocycles. The van der Waals surface area contributed by atoms with E-state index in [0.717, 1.165) is 6.07 Å². The van der Waals surface area contributed by atoms with Gasteiger partial charge >= 0.3 is 0 Å². The molecule has 0 bridgehead atoms. The van der Waals surface area contributed by atoms with Gasteiger partial charge in [-0.1, -0.05) is 18.2 Å². The highest BCUT2D eigenvalue weighted by molar-refractivity contribution is 7.77. The normalized spacial score (nSPS) is 16.7. The number of pyridine rings is 1. The Bertz CT molecular complexity index is 1680. The highest BCUT2D eigenvalue weighted by atomic mass is 32.2. The molecule has 0 aliphatic carbocycles. The van der Waals surface area contributed by atoms with Gasteiger partial charge in [0.15, 0.2) is 17.5 Å². The molecule has 0 amide bonds. The van der Waals surface area contributed by atoms with Crippen LogP contribution in [0.1, 0.15) is 25.1 Å². The van der Waals surface area contributed by atoms with Crippen LogP contribution < -0.4 is 20.1 Å². The molecule has 0 spiro atoms. The first kappa shape index (κ1) is 31.5. The number of hydrogen-bond donors (Lipinski definition) is 2. The summed E-state index contributed by atoms with van der Waals surface area (Å²) >= 11 is -2.57. The van der Waals surface area contributed by atoms with E-state index in [1.54, 1.807) is 6.07 Å². The molecule has 4 aromatic rings. The van der Waals surface area contributed by atoms with Crippen LogP contribution in [0.2, 0.25) is 0 Å². The molecular weight excluding hydrogens is 604 g/mol. The average Bonchev–Trinajstić information content (AvgIpc) is 3.00. The molecule has 0 saturated carbocycles. The molecule has 44 heavy (non-hydrogen) atoms. The second-order valence-corrected chi connectivity index (χ2v) is 10.8. The fourth-order valence-corrected chi connectivity index (χ4v) is 5.28. The summed E-state index contributed by atoms with van der Waals surface area (Å²) in [5.41, 5.74) is 6.13. The maximum absolute atomic E-state index is 15.9. The molecule has 3 N–H and O–H groups in total. The Morgan fingerprint density at radius 2 is 2.07 bits per heavy atom. The van der Waals surface area contributed by atoms with Crippen LogP contribution in [-0.2, 0) is 16.0 Å². The molecule has 1 fully saturated rings. The van der Waals surface area contributed by atoms with Gasteiger partial charge in [-0.25, -0.2) is 37.2 Å². The van der Waals surface area contributed by atoms with Crippen molar-refractivity contribution in [3.8, 4) is 28.3 Å². The topological polar surface area (TPSA) is 139 Å². The Balaban J connectivity index is 1.70. The molecular formula is C29H29F4N6O4S-. The van der Waals surface area contributed by atoms with Crippen molar-refractivity contribution in [2.24, 2.45) is 0 Å². The summed E-state index contributed by atoms with van der Waals surface area (Å²) in [6, 6.07) is 8.36. The summed E-state index contributed by atoms with van der Waals surface area (Å²) in [5.74, 6) is -1.26. The third kappa shape index (κ3) is 6.75. The second-order valence-electron chi connectivity index (χ2n) is 10.1. The van der Waals surface area contributed by atoms with Crippen molar-refractivity contribution in [3.63, 3.8) is 0 Å². The van der Waals surface area contributed by atoms with Gasteiger partial charge in [-0.3, -0.25) is 4.21 Å². The van der Waals surface area contributed by atoms with E-state index in [1.165, 1.54) is 30.5 Å². The number of nitrogen functional groups attached to an aromatic ring is 1. The highest BCUT2D eigenvalue weighted by Crippen LogP contribution is 2.40. The van der Waals surface area contributed by atoms with Gasteiger partial charge in [0.05, 0.1) is 19.3 Å². The number of ether oxygens (including phenoxy) is 2. The molecule has 1 saturated heterocycles. The monoisotopic (exact) mass is 633 g/mol. The summed E-state index contributed by atoms with van der Waals surface area (Å²) in [4.78, 5) is 15.2. The SMILES string of the molecule is CC1COCCN1c1nc(-c2cnc(N)c(F)c2)nc2c(OCCF)cc(-c3cccc(C(F)CCNS(=O)[O-])c3F)cc12. The number of anilines is 2. The standard InChI is InChI=1S/C29H30F4N6O4S/c1-16-15-42-10-8-39(16)29-21-11-17(19-3-2-4-20(25(19)33)22(31)5-7-36-44(40)41)13-24(43-9-6-30)26(21)37-28(38-29)18-12-23(32)27(34)35-14-18/h2-4,11-14,16,22,36H,5-10,15H2,1H3,(H2,34,35)(H,40,41)/p-1. The number of nitrogens with one attached hydrogen (secondary N) is 1. The lowest BCUT2D eigenvalue weighted by Gasteiger charge is -2.35. The highest BCUT2D eigenvalue weighted by Gasteiger charge is 2.26. The van der Waals surface area contributed by atoms with Crippen LogP contribution in [0.5, 0.6) is 5.75 Å². The number of aromatic nitrogens is 3. The Labute approximate surface area is 253 Å². The van der Waals surface area contributed by atoms with Crippen LogP contribution in [0.15, 0.2) is 42.6 Å². The number of rotatable bonds is 11. The Hall–Kier alpha value is -3.92. The van der Waals surface area contributed by atoms with Crippen molar-refractivity contribution in [3.05, 3.63) is 59.8 Å². The zero-order chi connectivity index (χ0) is 31.4. The van der Waals surface area contributed by atoms with E-state index in [-0.39, 0.29) is 70.8 Å². The third-order valence-electron chi connectivity index (χ3n) is 7.14. The van der Waals surface area contributed by atoms with E-state index < -0.39 is 35.7 Å². The maximum atomic E-state index is 15.9. The fourth-order valence-electron chi connectivity index (χ4n) is 5.00.